The average Bonchev–Trinajstić information content (AvgIpc) is 3.02. The monoisotopic (exact) mass is 675 g/mol. The summed E-state index contributed by atoms with van der Waals surface area (Å²) in [5, 5.41) is 18.9. The number of amides is 1. The van der Waals surface area contributed by atoms with Gasteiger partial charge in [-0.1, -0.05) is 18.2 Å². The molecule has 0 fully saturated rings. The van der Waals surface area contributed by atoms with E-state index in [9.17, 15) is 18.3 Å². The number of hydrogen-bond donors (Lipinski definition) is 3. The molecule has 2 radical (unpaired) electrons. The van der Waals surface area contributed by atoms with Gasteiger partial charge in [0.1, 0.15) is 0 Å². The molecule has 4 rings (SSSR count). The fourth-order valence-corrected chi connectivity index (χ4v) is 7.62. The summed E-state index contributed by atoms with van der Waals surface area (Å²) < 4.78 is 28.7. The first-order valence-corrected chi connectivity index (χ1v) is 17.7. The molecule has 4 aromatic rings. The molecule has 0 aliphatic carbocycles. The van der Waals surface area contributed by atoms with E-state index in [1.807, 2.05) is 56.3 Å². The quantitative estimate of drug-likeness (QED) is 0.0989. The Balaban J connectivity index is 1.29. The maximum atomic E-state index is 13.7. The van der Waals surface area contributed by atoms with Crippen molar-refractivity contribution in [2.45, 2.75) is 55.2 Å². The standard InChI is InChI=1S/C35H42AsN3O4S/c1-26(2)24-39(44(42,43)33-19-17-31(18-20-33)38-30-12-4-3-5-13-30)32(25-40)14-8-9-21-37-35(41)34(36)23-27-15-16-28-10-6-7-11-29(28)22-27/h3-7,10-13,15-20,22,26,32,34,38,40H,8-9,14,21,23-25H2,1-2H3,(H,37,41). The number of fused-ring (bicyclic) bond motifs is 1. The molecule has 0 aromatic heterocycles. The van der Waals surface area contributed by atoms with Crippen molar-refractivity contribution < 1.29 is 18.3 Å². The van der Waals surface area contributed by atoms with E-state index < -0.39 is 16.1 Å². The number of para-hydroxylation sites is 1. The summed E-state index contributed by atoms with van der Waals surface area (Å²) in [6.45, 7) is 4.47. The summed E-state index contributed by atoms with van der Waals surface area (Å²) in [5.41, 5.74) is 2.82. The van der Waals surface area contributed by atoms with Crippen LogP contribution in [0.25, 0.3) is 10.8 Å². The molecule has 0 aliphatic heterocycles. The van der Waals surface area contributed by atoms with Crippen LogP contribution in [0.4, 0.5) is 11.4 Å². The van der Waals surface area contributed by atoms with Crippen LogP contribution in [0.3, 0.4) is 0 Å². The zero-order valence-electron chi connectivity index (χ0n) is 25.4. The Labute approximate surface area is 270 Å². The van der Waals surface area contributed by atoms with Crippen LogP contribution in [0.5, 0.6) is 0 Å². The van der Waals surface area contributed by atoms with Crippen molar-refractivity contribution in [1.82, 2.24) is 9.62 Å². The first kappa shape index (κ1) is 33.7. The number of carbonyl (C=O) groups excluding carboxylic acids is 1. The molecule has 0 saturated heterocycles. The van der Waals surface area contributed by atoms with Gasteiger partial charge in [-0.3, -0.25) is 0 Å². The van der Waals surface area contributed by atoms with Crippen LogP contribution in [0.1, 0.15) is 38.7 Å². The molecule has 1 amide bonds. The zero-order chi connectivity index (χ0) is 31.5. The van der Waals surface area contributed by atoms with Crippen LogP contribution < -0.4 is 10.6 Å². The minimum absolute atomic E-state index is 0.0221. The van der Waals surface area contributed by atoms with E-state index in [0.29, 0.717) is 38.8 Å². The van der Waals surface area contributed by atoms with Gasteiger partial charge in [0.15, 0.2) is 0 Å². The summed E-state index contributed by atoms with van der Waals surface area (Å²) in [6.07, 6.45) is 2.49. The molecule has 0 saturated carbocycles. The number of nitrogens with one attached hydrogen (secondary N) is 2. The number of benzene rings is 4. The molecule has 0 heterocycles. The van der Waals surface area contributed by atoms with Gasteiger partial charge in [-0.25, -0.2) is 0 Å². The van der Waals surface area contributed by atoms with Crippen molar-refractivity contribution in [3.63, 3.8) is 0 Å². The maximum absolute atomic E-state index is 13.7. The number of aliphatic hydroxyl groups excluding tert-OH is 1. The molecule has 0 bridgehead atoms. The first-order valence-electron chi connectivity index (χ1n) is 15.2. The van der Waals surface area contributed by atoms with Crippen molar-refractivity contribution in [2.24, 2.45) is 5.92 Å². The smallest absolute Gasteiger partial charge is 0.356 e. The molecule has 4 aromatic carbocycles. The second-order valence-electron chi connectivity index (χ2n) is 11.5. The van der Waals surface area contributed by atoms with Gasteiger partial charge in [0.25, 0.3) is 0 Å². The van der Waals surface area contributed by atoms with Gasteiger partial charge >= 0.3 is 212 Å². The van der Waals surface area contributed by atoms with Crippen molar-refractivity contribution in [3.8, 4) is 0 Å². The van der Waals surface area contributed by atoms with Gasteiger partial charge in [0.2, 0.25) is 0 Å². The van der Waals surface area contributed by atoms with E-state index in [2.05, 4.69) is 57.8 Å². The molecule has 0 aliphatic rings. The van der Waals surface area contributed by atoms with Crippen molar-refractivity contribution in [2.75, 3.05) is 25.0 Å². The van der Waals surface area contributed by atoms with Crippen molar-refractivity contribution in [3.05, 3.63) is 103 Å². The summed E-state index contributed by atoms with van der Waals surface area (Å²) in [6, 6.07) is 30.3. The van der Waals surface area contributed by atoms with Gasteiger partial charge < -0.3 is 5.32 Å². The molecular formula is C35H42AsN3O4S. The van der Waals surface area contributed by atoms with Crippen LogP contribution in [0, 0.1) is 5.92 Å². The van der Waals surface area contributed by atoms with Gasteiger partial charge in [-0.15, -0.1) is 0 Å². The molecular weight excluding hydrogens is 633 g/mol. The number of anilines is 2. The minimum atomic E-state index is -3.83. The first-order chi connectivity index (χ1) is 21.2. The topological polar surface area (TPSA) is 98.7 Å². The van der Waals surface area contributed by atoms with E-state index >= 15 is 0 Å². The summed E-state index contributed by atoms with van der Waals surface area (Å²) in [5.74, 6) is 0.0606. The third-order valence-electron chi connectivity index (χ3n) is 7.50. The van der Waals surface area contributed by atoms with E-state index in [1.165, 1.54) is 9.69 Å². The summed E-state index contributed by atoms with van der Waals surface area (Å²) in [7, 11) is -3.83. The van der Waals surface area contributed by atoms with Crippen LogP contribution in [-0.2, 0) is 21.2 Å². The van der Waals surface area contributed by atoms with E-state index in [4.69, 9.17) is 0 Å². The van der Waals surface area contributed by atoms with Crippen LogP contribution >= 0.6 is 0 Å². The number of nitrogens with zero attached hydrogens (tertiary/aromatic N) is 1. The molecule has 44 heavy (non-hydrogen) atoms. The zero-order valence-corrected chi connectivity index (χ0v) is 28.1. The van der Waals surface area contributed by atoms with Crippen molar-refractivity contribution >= 4 is 54.9 Å². The fourth-order valence-electron chi connectivity index (χ4n) is 5.18. The molecule has 7 nitrogen and oxygen atoms in total. The van der Waals surface area contributed by atoms with Crippen LogP contribution in [-0.4, -0.2) is 66.3 Å². The molecule has 3 N–H and O–H groups in total. The Morgan fingerprint density at radius 1 is 0.864 bits per heavy atom. The fraction of sp³-hybridized carbons (Fsp3) is 0.343. The Morgan fingerprint density at radius 3 is 2.20 bits per heavy atom. The number of sulfonamides is 1. The van der Waals surface area contributed by atoms with E-state index in [0.717, 1.165) is 22.3 Å². The Kier molecular flexibility index (Phi) is 12.4. The second kappa shape index (κ2) is 16.2. The number of rotatable bonds is 16. The molecule has 0 spiro atoms. The van der Waals surface area contributed by atoms with Gasteiger partial charge in [-0.2, -0.15) is 0 Å². The van der Waals surface area contributed by atoms with Gasteiger partial charge in [-0.05, 0) is 24.3 Å². The number of hydrogen-bond acceptors (Lipinski definition) is 5. The average molecular weight is 676 g/mol. The third kappa shape index (κ3) is 9.42. The predicted octanol–water partition coefficient (Wildman–Crippen LogP) is 6.08. The third-order valence-corrected chi connectivity index (χ3v) is 10.3. The Hall–Kier alpha value is -3.16. The SMILES string of the molecule is CC(C)CN(C(CO)CCCCNC(=O)C([As])Cc1ccc2ccccc2c1)S(=O)(=O)c1ccc(Nc2ccccc2)cc1. The predicted molar refractivity (Wildman–Crippen MR) is 180 cm³/mol. The molecule has 9 heteroatoms. The normalized spacial score (nSPS) is 13.2. The molecule has 232 valence electrons. The summed E-state index contributed by atoms with van der Waals surface area (Å²) >= 11 is 2.47. The van der Waals surface area contributed by atoms with Crippen molar-refractivity contribution in [1.29, 1.82) is 0 Å². The Morgan fingerprint density at radius 2 is 1.52 bits per heavy atom. The molecule has 2 atom stereocenters. The van der Waals surface area contributed by atoms with Gasteiger partial charge in [0, 0.05) is 11.4 Å². The van der Waals surface area contributed by atoms with Crippen LogP contribution in [0.2, 0.25) is 4.71 Å². The van der Waals surface area contributed by atoms with Crippen LogP contribution in [0.15, 0.2) is 102 Å². The summed E-state index contributed by atoms with van der Waals surface area (Å²) in [4.78, 5) is 12.9. The number of aliphatic hydroxyl groups is 1. The van der Waals surface area contributed by atoms with Gasteiger partial charge in [0.05, 0.1) is 0 Å². The van der Waals surface area contributed by atoms with E-state index in [-0.39, 0.29) is 28.0 Å². The van der Waals surface area contributed by atoms with E-state index in [1.54, 1.807) is 24.3 Å². The number of unbranched alkanes of at least 4 members (excludes halogenated alkanes) is 1. The molecule has 2 unspecified atom stereocenters. The second-order valence-corrected chi connectivity index (χ2v) is 14.7. The number of carbonyl (C=O) groups is 1. The minimum Gasteiger partial charge on any atom is -0.356 e. The Bertz CT molecular complexity index is 1600.